The zero-order valence-electron chi connectivity index (χ0n) is 6.06. The number of pyridine rings is 1. The smallest absolute Gasteiger partial charge is 0.106 e. The molecule has 0 aromatic carbocycles. The van der Waals surface area contributed by atoms with Crippen LogP contribution in [0, 0.1) is 6.92 Å². The number of nitrogens with one attached hydrogen (secondary N) is 1. The number of fused-ring (bicyclic) bond motifs is 1. The molecule has 0 bridgehead atoms. The molecule has 0 fully saturated rings. The first-order valence-electron chi connectivity index (χ1n) is 3.36. The molecular formula is C8H7BrN2. The van der Waals surface area contributed by atoms with Gasteiger partial charge in [-0.15, -0.1) is 0 Å². The van der Waals surface area contributed by atoms with Gasteiger partial charge in [0.1, 0.15) is 4.60 Å². The molecule has 2 heterocycles. The summed E-state index contributed by atoms with van der Waals surface area (Å²) in [7, 11) is 0. The van der Waals surface area contributed by atoms with E-state index >= 15 is 0 Å². The van der Waals surface area contributed by atoms with Gasteiger partial charge in [-0.2, -0.15) is 0 Å². The lowest BCUT2D eigenvalue weighted by Gasteiger charge is -1.90. The fraction of sp³-hybridized carbons (Fsp3) is 0.125. The molecule has 0 saturated heterocycles. The molecule has 2 nitrogen and oxygen atoms in total. The Morgan fingerprint density at radius 2 is 2.36 bits per heavy atom. The van der Waals surface area contributed by atoms with Gasteiger partial charge in [0.15, 0.2) is 0 Å². The summed E-state index contributed by atoms with van der Waals surface area (Å²) < 4.78 is 0.882. The summed E-state index contributed by atoms with van der Waals surface area (Å²) in [6.07, 6.45) is 3.81. The summed E-state index contributed by atoms with van der Waals surface area (Å²) in [5.74, 6) is 0. The summed E-state index contributed by atoms with van der Waals surface area (Å²) in [6.45, 7) is 2.07. The predicted molar refractivity (Wildman–Crippen MR) is 48.5 cm³/mol. The zero-order chi connectivity index (χ0) is 7.84. The molecule has 56 valence electrons. The van der Waals surface area contributed by atoms with Crippen LogP contribution in [-0.2, 0) is 0 Å². The Kier molecular flexibility index (Phi) is 1.46. The molecular weight excluding hydrogens is 204 g/mol. The maximum atomic E-state index is 4.11. The highest BCUT2D eigenvalue weighted by Gasteiger charge is 1.98. The lowest BCUT2D eigenvalue weighted by molar-refractivity contribution is 1.29. The molecule has 0 radical (unpaired) electrons. The summed E-state index contributed by atoms with van der Waals surface area (Å²) in [5, 5.41) is 1.23. The molecule has 11 heavy (non-hydrogen) atoms. The fourth-order valence-corrected chi connectivity index (χ4v) is 1.47. The number of aryl methyl sites for hydroxylation is 1. The van der Waals surface area contributed by atoms with Gasteiger partial charge in [-0.05, 0) is 34.5 Å². The Morgan fingerprint density at radius 3 is 3.18 bits per heavy atom. The monoisotopic (exact) mass is 210 g/mol. The third kappa shape index (κ3) is 1.05. The van der Waals surface area contributed by atoms with Gasteiger partial charge in [0, 0.05) is 11.6 Å². The van der Waals surface area contributed by atoms with E-state index in [9.17, 15) is 0 Å². The van der Waals surface area contributed by atoms with Crippen molar-refractivity contribution in [1.29, 1.82) is 0 Å². The second-order valence-corrected chi connectivity index (χ2v) is 3.34. The number of H-pyrrole nitrogens is 1. The fourth-order valence-electron chi connectivity index (χ4n) is 1.13. The first-order valence-corrected chi connectivity index (χ1v) is 4.16. The van der Waals surface area contributed by atoms with Crippen molar-refractivity contribution in [2.75, 3.05) is 0 Å². The molecule has 0 saturated carbocycles. The SMILES string of the molecule is Cc1c[nH]c2cnc(Br)cc12. The van der Waals surface area contributed by atoms with Crippen LogP contribution in [0.4, 0.5) is 0 Å². The molecule has 2 aromatic heterocycles. The number of aromatic nitrogens is 2. The third-order valence-electron chi connectivity index (χ3n) is 1.74. The van der Waals surface area contributed by atoms with E-state index in [2.05, 4.69) is 32.8 Å². The normalized spacial score (nSPS) is 10.7. The van der Waals surface area contributed by atoms with Gasteiger partial charge in [0.2, 0.25) is 0 Å². The number of rotatable bonds is 0. The zero-order valence-corrected chi connectivity index (χ0v) is 7.64. The number of hydrogen-bond donors (Lipinski definition) is 1. The minimum Gasteiger partial charge on any atom is -0.360 e. The van der Waals surface area contributed by atoms with Crippen LogP contribution in [0.3, 0.4) is 0 Å². The van der Waals surface area contributed by atoms with E-state index in [1.54, 1.807) is 0 Å². The van der Waals surface area contributed by atoms with Crippen LogP contribution in [0.1, 0.15) is 5.56 Å². The first-order chi connectivity index (χ1) is 5.27. The highest BCUT2D eigenvalue weighted by molar-refractivity contribution is 9.10. The Morgan fingerprint density at radius 1 is 1.55 bits per heavy atom. The standard InChI is InChI=1S/C8H7BrN2/c1-5-3-10-7-4-11-8(9)2-6(5)7/h2-4,10H,1H3. The number of halogens is 1. The second-order valence-electron chi connectivity index (χ2n) is 2.52. The van der Waals surface area contributed by atoms with Crippen LogP contribution in [0.5, 0.6) is 0 Å². The van der Waals surface area contributed by atoms with Gasteiger partial charge in [-0.25, -0.2) is 4.98 Å². The van der Waals surface area contributed by atoms with Crippen molar-refractivity contribution in [2.45, 2.75) is 6.92 Å². The molecule has 2 aromatic rings. The van der Waals surface area contributed by atoms with Crippen LogP contribution < -0.4 is 0 Å². The summed E-state index contributed by atoms with van der Waals surface area (Å²) in [4.78, 5) is 7.24. The molecule has 3 heteroatoms. The van der Waals surface area contributed by atoms with Crippen LogP contribution in [0.15, 0.2) is 23.1 Å². The van der Waals surface area contributed by atoms with Crippen molar-refractivity contribution < 1.29 is 0 Å². The molecule has 0 unspecified atom stereocenters. The summed E-state index contributed by atoms with van der Waals surface area (Å²) >= 11 is 3.33. The van der Waals surface area contributed by atoms with Gasteiger partial charge < -0.3 is 4.98 Å². The van der Waals surface area contributed by atoms with Gasteiger partial charge in [0.25, 0.3) is 0 Å². The van der Waals surface area contributed by atoms with E-state index in [-0.39, 0.29) is 0 Å². The number of hydrogen-bond acceptors (Lipinski definition) is 1. The molecule has 0 aliphatic carbocycles. The highest BCUT2D eigenvalue weighted by atomic mass is 79.9. The molecule has 0 spiro atoms. The quantitative estimate of drug-likeness (QED) is 0.666. The van der Waals surface area contributed by atoms with Crippen LogP contribution >= 0.6 is 15.9 Å². The lowest BCUT2D eigenvalue weighted by atomic mass is 10.2. The predicted octanol–water partition coefficient (Wildman–Crippen LogP) is 2.63. The van der Waals surface area contributed by atoms with Crippen LogP contribution in [0.2, 0.25) is 0 Å². The summed E-state index contributed by atoms with van der Waals surface area (Å²) in [5.41, 5.74) is 2.34. The van der Waals surface area contributed by atoms with Gasteiger partial charge >= 0.3 is 0 Å². The minimum atomic E-state index is 0.882. The molecule has 1 N–H and O–H groups in total. The van der Waals surface area contributed by atoms with Crippen molar-refractivity contribution in [3.8, 4) is 0 Å². The van der Waals surface area contributed by atoms with Crippen LogP contribution in [-0.4, -0.2) is 9.97 Å². The van der Waals surface area contributed by atoms with Crippen molar-refractivity contribution in [3.05, 3.63) is 28.6 Å². The van der Waals surface area contributed by atoms with E-state index in [0.29, 0.717) is 0 Å². The minimum absolute atomic E-state index is 0.882. The van der Waals surface area contributed by atoms with E-state index in [4.69, 9.17) is 0 Å². The lowest BCUT2D eigenvalue weighted by Crippen LogP contribution is -1.74. The molecule has 0 aliphatic heterocycles. The largest absolute Gasteiger partial charge is 0.360 e. The first kappa shape index (κ1) is 6.85. The van der Waals surface area contributed by atoms with E-state index in [1.807, 2.05) is 18.5 Å². The maximum Gasteiger partial charge on any atom is 0.106 e. The Hall–Kier alpha value is -0.830. The van der Waals surface area contributed by atoms with Crippen molar-refractivity contribution in [3.63, 3.8) is 0 Å². The second kappa shape index (κ2) is 2.34. The topological polar surface area (TPSA) is 28.7 Å². The molecule has 0 atom stereocenters. The van der Waals surface area contributed by atoms with Gasteiger partial charge in [-0.3, -0.25) is 0 Å². The number of nitrogens with zero attached hydrogens (tertiary/aromatic N) is 1. The van der Waals surface area contributed by atoms with Gasteiger partial charge in [0.05, 0.1) is 11.7 Å². The van der Waals surface area contributed by atoms with E-state index in [0.717, 1.165) is 10.1 Å². The Labute approximate surface area is 72.8 Å². The third-order valence-corrected chi connectivity index (χ3v) is 2.17. The van der Waals surface area contributed by atoms with Crippen molar-refractivity contribution >= 4 is 26.8 Å². The average Bonchev–Trinajstić information content (AvgIpc) is 2.33. The number of aromatic amines is 1. The Bertz CT molecular complexity index is 392. The average molecular weight is 211 g/mol. The van der Waals surface area contributed by atoms with Crippen LogP contribution in [0.25, 0.3) is 10.9 Å². The van der Waals surface area contributed by atoms with E-state index < -0.39 is 0 Å². The highest BCUT2D eigenvalue weighted by Crippen LogP contribution is 2.19. The molecule has 0 amide bonds. The Balaban J connectivity index is 2.87. The van der Waals surface area contributed by atoms with Crippen molar-refractivity contribution in [1.82, 2.24) is 9.97 Å². The molecule has 0 aliphatic rings. The summed E-state index contributed by atoms with van der Waals surface area (Å²) in [6, 6.07) is 2.02. The van der Waals surface area contributed by atoms with Gasteiger partial charge in [-0.1, -0.05) is 0 Å². The van der Waals surface area contributed by atoms with Crippen molar-refractivity contribution in [2.24, 2.45) is 0 Å². The molecule has 2 rings (SSSR count). The van der Waals surface area contributed by atoms with E-state index in [1.165, 1.54) is 10.9 Å². The maximum absolute atomic E-state index is 4.11.